The molecule has 0 atom stereocenters. The average Bonchev–Trinajstić information content (AvgIpc) is 3.17. The lowest BCUT2D eigenvalue weighted by atomic mass is 10.1. The number of furan rings is 2. The molecule has 4 heteroatoms. The second-order valence-electron chi connectivity index (χ2n) is 5.43. The van der Waals surface area contributed by atoms with Gasteiger partial charge in [0, 0.05) is 11.5 Å². The van der Waals surface area contributed by atoms with Gasteiger partial charge in [0.25, 0.3) is 0 Å². The van der Waals surface area contributed by atoms with Crippen molar-refractivity contribution in [3.05, 3.63) is 48.7 Å². The fourth-order valence-corrected chi connectivity index (χ4v) is 2.93. The van der Waals surface area contributed by atoms with E-state index in [1.54, 1.807) is 6.26 Å². The first-order valence-electron chi connectivity index (χ1n) is 8.10. The van der Waals surface area contributed by atoms with E-state index >= 15 is 0 Å². The van der Waals surface area contributed by atoms with E-state index in [-0.39, 0.29) is 0 Å². The molecule has 2 heterocycles. The van der Waals surface area contributed by atoms with Gasteiger partial charge in [-0.1, -0.05) is 12.1 Å². The van der Waals surface area contributed by atoms with Gasteiger partial charge < -0.3 is 18.3 Å². The predicted octanol–water partition coefficient (Wildman–Crippen LogP) is 5.64. The van der Waals surface area contributed by atoms with Crippen molar-refractivity contribution in [1.29, 1.82) is 0 Å². The topological polar surface area (TPSA) is 44.7 Å². The SMILES string of the molecule is CCOc1ccc2c(-c3oc4ccccc4c3OCC)coc2c1. The largest absolute Gasteiger partial charge is 0.494 e. The third-order valence-electron chi connectivity index (χ3n) is 3.94. The van der Waals surface area contributed by atoms with Gasteiger partial charge in [-0.05, 0) is 38.1 Å². The molecule has 0 aliphatic rings. The Morgan fingerprint density at radius 3 is 2.54 bits per heavy atom. The number of fused-ring (bicyclic) bond motifs is 2. The van der Waals surface area contributed by atoms with E-state index < -0.39 is 0 Å². The van der Waals surface area contributed by atoms with Crippen molar-refractivity contribution in [2.45, 2.75) is 13.8 Å². The molecule has 4 nitrogen and oxygen atoms in total. The summed E-state index contributed by atoms with van der Waals surface area (Å²) in [4.78, 5) is 0. The summed E-state index contributed by atoms with van der Waals surface area (Å²) in [7, 11) is 0. The van der Waals surface area contributed by atoms with Crippen molar-refractivity contribution in [3.63, 3.8) is 0 Å². The Balaban J connectivity index is 1.91. The summed E-state index contributed by atoms with van der Waals surface area (Å²) < 4.78 is 23.2. The minimum atomic E-state index is 0.570. The minimum Gasteiger partial charge on any atom is -0.494 e. The van der Waals surface area contributed by atoms with Crippen LogP contribution in [0.5, 0.6) is 11.5 Å². The summed E-state index contributed by atoms with van der Waals surface area (Å²) in [6, 6.07) is 13.7. The van der Waals surface area contributed by atoms with Crippen LogP contribution in [0.2, 0.25) is 0 Å². The summed E-state index contributed by atoms with van der Waals surface area (Å²) in [5.41, 5.74) is 2.45. The smallest absolute Gasteiger partial charge is 0.181 e. The van der Waals surface area contributed by atoms with Gasteiger partial charge >= 0.3 is 0 Å². The zero-order chi connectivity index (χ0) is 16.5. The van der Waals surface area contributed by atoms with Crippen LogP contribution in [0.1, 0.15) is 13.8 Å². The van der Waals surface area contributed by atoms with Crippen molar-refractivity contribution in [2.24, 2.45) is 0 Å². The summed E-state index contributed by atoms with van der Waals surface area (Å²) in [5, 5.41) is 1.94. The number of para-hydroxylation sites is 1. The van der Waals surface area contributed by atoms with Gasteiger partial charge in [-0.25, -0.2) is 0 Å². The molecule has 0 N–H and O–H groups in total. The van der Waals surface area contributed by atoms with E-state index in [2.05, 4.69) is 0 Å². The molecule has 0 saturated heterocycles. The van der Waals surface area contributed by atoms with Gasteiger partial charge in [-0.2, -0.15) is 0 Å². The Labute approximate surface area is 139 Å². The Morgan fingerprint density at radius 2 is 1.71 bits per heavy atom. The number of ether oxygens (including phenoxy) is 2. The summed E-state index contributed by atoms with van der Waals surface area (Å²) in [5.74, 6) is 2.24. The lowest BCUT2D eigenvalue weighted by Gasteiger charge is -2.04. The third-order valence-corrected chi connectivity index (χ3v) is 3.94. The molecule has 24 heavy (non-hydrogen) atoms. The lowest BCUT2D eigenvalue weighted by molar-refractivity contribution is 0.340. The van der Waals surface area contributed by atoms with Crippen LogP contribution < -0.4 is 9.47 Å². The molecule has 2 aromatic carbocycles. The van der Waals surface area contributed by atoms with Crippen molar-refractivity contribution < 1.29 is 18.3 Å². The highest BCUT2D eigenvalue weighted by atomic mass is 16.5. The van der Waals surface area contributed by atoms with Crippen LogP contribution in [0.15, 0.2) is 57.6 Å². The molecule has 2 aromatic heterocycles. The maximum absolute atomic E-state index is 6.07. The van der Waals surface area contributed by atoms with E-state index in [1.807, 2.05) is 56.3 Å². The highest BCUT2D eigenvalue weighted by Crippen LogP contribution is 2.43. The molecular weight excluding hydrogens is 304 g/mol. The van der Waals surface area contributed by atoms with E-state index in [0.717, 1.165) is 39.0 Å². The Bertz CT molecular complexity index is 993. The summed E-state index contributed by atoms with van der Waals surface area (Å²) in [6.45, 7) is 5.12. The monoisotopic (exact) mass is 322 g/mol. The minimum absolute atomic E-state index is 0.570. The van der Waals surface area contributed by atoms with Gasteiger partial charge in [0.05, 0.1) is 24.2 Å². The molecule has 0 saturated carbocycles. The van der Waals surface area contributed by atoms with Crippen molar-refractivity contribution in [2.75, 3.05) is 13.2 Å². The van der Waals surface area contributed by atoms with Crippen LogP contribution in [0.4, 0.5) is 0 Å². The second kappa shape index (κ2) is 5.96. The Hall–Kier alpha value is -2.88. The highest BCUT2D eigenvalue weighted by molar-refractivity contribution is 5.99. The lowest BCUT2D eigenvalue weighted by Crippen LogP contribution is -1.92. The van der Waals surface area contributed by atoms with Crippen LogP contribution in [0.25, 0.3) is 33.3 Å². The van der Waals surface area contributed by atoms with Crippen molar-refractivity contribution in [3.8, 4) is 22.8 Å². The molecule has 0 aliphatic heterocycles. The summed E-state index contributed by atoms with van der Waals surface area (Å²) >= 11 is 0. The second-order valence-corrected chi connectivity index (χ2v) is 5.43. The van der Waals surface area contributed by atoms with E-state index in [0.29, 0.717) is 19.0 Å². The Morgan fingerprint density at radius 1 is 0.875 bits per heavy atom. The van der Waals surface area contributed by atoms with E-state index in [4.69, 9.17) is 18.3 Å². The van der Waals surface area contributed by atoms with Crippen LogP contribution in [0.3, 0.4) is 0 Å². The molecule has 4 rings (SSSR count). The number of rotatable bonds is 5. The van der Waals surface area contributed by atoms with Crippen LogP contribution >= 0.6 is 0 Å². The maximum Gasteiger partial charge on any atom is 0.181 e. The number of hydrogen-bond donors (Lipinski definition) is 0. The fraction of sp³-hybridized carbons (Fsp3) is 0.200. The third kappa shape index (κ3) is 2.31. The molecule has 4 aromatic rings. The maximum atomic E-state index is 6.07. The molecular formula is C20H18O4. The van der Waals surface area contributed by atoms with Gasteiger partial charge in [0.15, 0.2) is 11.5 Å². The quantitative estimate of drug-likeness (QED) is 0.477. The molecule has 0 bridgehead atoms. The highest BCUT2D eigenvalue weighted by Gasteiger charge is 2.21. The summed E-state index contributed by atoms with van der Waals surface area (Å²) in [6.07, 6.45) is 1.71. The number of hydrogen-bond acceptors (Lipinski definition) is 4. The van der Waals surface area contributed by atoms with Crippen LogP contribution in [0, 0.1) is 0 Å². The van der Waals surface area contributed by atoms with Crippen LogP contribution in [-0.4, -0.2) is 13.2 Å². The standard InChI is InChI=1S/C20H18O4/c1-3-21-13-9-10-14-16(12-23-18(14)11-13)20-19(22-4-2)15-7-5-6-8-17(15)24-20/h5-12H,3-4H2,1-2H3. The Kier molecular flexibility index (Phi) is 3.65. The predicted molar refractivity (Wildman–Crippen MR) is 93.8 cm³/mol. The fourth-order valence-electron chi connectivity index (χ4n) is 2.93. The van der Waals surface area contributed by atoms with Gasteiger partial charge in [0.2, 0.25) is 0 Å². The first-order chi connectivity index (χ1) is 11.8. The van der Waals surface area contributed by atoms with Crippen LogP contribution in [-0.2, 0) is 0 Å². The van der Waals surface area contributed by atoms with Gasteiger partial charge in [-0.15, -0.1) is 0 Å². The zero-order valence-corrected chi connectivity index (χ0v) is 13.7. The molecule has 0 fully saturated rings. The van der Waals surface area contributed by atoms with E-state index in [1.165, 1.54) is 0 Å². The molecule has 122 valence electrons. The first-order valence-corrected chi connectivity index (χ1v) is 8.10. The molecule has 0 amide bonds. The molecule has 0 unspecified atom stereocenters. The molecule has 0 spiro atoms. The zero-order valence-electron chi connectivity index (χ0n) is 13.7. The van der Waals surface area contributed by atoms with Gasteiger partial charge in [-0.3, -0.25) is 0 Å². The first kappa shape index (κ1) is 14.7. The molecule has 0 aliphatic carbocycles. The number of benzene rings is 2. The van der Waals surface area contributed by atoms with Gasteiger partial charge in [0.1, 0.15) is 23.2 Å². The van der Waals surface area contributed by atoms with Crippen molar-refractivity contribution >= 4 is 21.9 Å². The average molecular weight is 322 g/mol. The normalized spacial score (nSPS) is 11.2. The van der Waals surface area contributed by atoms with Crippen molar-refractivity contribution in [1.82, 2.24) is 0 Å². The van der Waals surface area contributed by atoms with E-state index in [9.17, 15) is 0 Å². The molecule has 0 radical (unpaired) electrons.